The van der Waals surface area contributed by atoms with Crippen LogP contribution in [0.2, 0.25) is 0 Å². The molecule has 0 unspecified atom stereocenters. The minimum absolute atomic E-state index is 0.0529. The predicted octanol–water partition coefficient (Wildman–Crippen LogP) is 2.10. The number of carbonyl (C=O) groups is 1. The topological polar surface area (TPSA) is 53.6 Å². The number of nitrogens with zero attached hydrogens (tertiary/aromatic N) is 1. The number of hydrogen-bond acceptors (Lipinski definition) is 4. The fourth-order valence-corrected chi connectivity index (χ4v) is 2.91. The van der Waals surface area contributed by atoms with Crippen LogP contribution >= 0.6 is 0 Å². The van der Waals surface area contributed by atoms with Crippen molar-refractivity contribution in [3.05, 3.63) is 24.3 Å². The summed E-state index contributed by atoms with van der Waals surface area (Å²) in [5.41, 5.74) is 0.813. The van der Waals surface area contributed by atoms with Crippen LogP contribution in [0.15, 0.2) is 24.3 Å². The van der Waals surface area contributed by atoms with Crippen molar-refractivity contribution in [2.24, 2.45) is 0 Å². The molecule has 0 aromatic heterocycles. The Morgan fingerprint density at radius 2 is 2.00 bits per heavy atom. The second kappa shape index (κ2) is 8.76. The smallest absolute Gasteiger partial charge is 0.238 e. The van der Waals surface area contributed by atoms with Gasteiger partial charge in [-0.05, 0) is 63.2 Å². The van der Waals surface area contributed by atoms with E-state index in [-0.39, 0.29) is 5.91 Å². The first-order valence-corrected chi connectivity index (χ1v) is 8.11. The van der Waals surface area contributed by atoms with Crippen LogP contribution in [-0.4, -0.2) is 50.1 Å². The summed E-state index contributed by atoms with van der Waals surface area (Å²) in [5, 5.41) is 6.35. The van der Waals surface area contributed by atoms with Gasteiger partial charge in [-0.3, -0.25) is 9.69 Å². The lowest BCUT2D eigenvalue weighted by molar-refractivity contribution is -0.118. The number of amides is 1. The van der Waals surface area contributed by atoms with E-state index in [1.165, 1.54) is 0 Å². The highest BCUT2D eigenvalue weighted by atomic mass is 16.5. The van der Waals surface area contributed by atoms with E-state index in [4.69, 9.17) is 4.74 Å². The maximum atomic E-state index is 12.3. The molecule has 0 spiro atoms. The summed E-state index contributed by atoms with van der Waals surface area (Å²) in [4.78, 5) is 14.6. The van der Waals surface area contributed by atoms with Gasteiger partial charge in [-0.1, -0.05) is 6.92 Å². The van der Waals surface area contributed by atoms with Crippen molar-refractivity contribution in [3.63, 3.8) is 0 Å². The van der Waals surface area contributed by atoms with Gasteiger partial charge >= 0.3 is 0 Å². The van der Waals surface area contributed by atoms with Gasteiger partial charge in [0, 0.05) is 11.7 Å². The molecule has 2 rings (SSSR count). The maximum absolute atomic E-state index is 12.3. The number of anilines is 1. The predicted molar refractivity (Wildman–Crippen MR) is 89.4 cm³/mol. The number of methoxy groups -OCH3 is 1. The summed E-state index contributed by atoms with van der Waals surface area (Å²) in [6.07, 6.45) is 3.31. The van der Waals surface area contributed by atoms with Gasteiger partial charge in [0.2, 0.25) is 5.91 Å². The van der Waals surface area contributed by atoms with Crippen LogP contribution in [0.3, 0.4) is 0 Å². The lowest BCUT2D eigenvalue weighted by Crippen LogP contribution is -2.46. The fraction of sp³-hybridized carbons (Fsp3) is 0.588. The molecule has 1 fully saturated rings. The van der Waals surface area contributed by atoms with E-state index in [9.17, 15) is 4.79 Å². The second-order valence-electron chi connectivity index (χ2n) is 5.73. The van der Waals surface area contributed by atoms with Crippen molar-refractivity contribution < 1.29 is 9.53 Å². The monoisotopic (exact) mass is 305 g/mol. The van der Waals surface area contributed by atoms with Crippen LogP contribution in [0, 0.1) is 0 Å². The van der Waals surface area contributed by atoms with Crippen molar-refractivity contribution in [2.45, 2.75) is 32.2 Å². The molecular formula is C17H27N3O2. The highest BCUT2D eigenvalue weighted by molar-refractivity contribution is 5.92. The zero-order valence-electron chi connectivity index (χ0n) is 13.6. The Morgan fingerprint density at radius 3 is 2.59 bits per heavy atom. The molecule has 0 aliphatic carbocycles. The van der Waals surface area contributed by atoms with Crippen LogP contribution in [0.1, 0.15) is 26.2 Å². The van der Waals surface area contributed by atoms with E-state index in [1.54, 1.807) is 7.11 Å². The average Bonchev–Trinajstić information content (AvgIpc) is 2.56. The summed E-state index contributed by atoms with van der Waals surface area (Å²) in [5.74, 6) is 0.845. The molecular weight excluding hydrogens is 278 g/mol. The fourth-order valence-electron chi connectivity index (χ4n) is 2.91. The van der Waals surface area contributed by atoms with Gasteiger partial charge in [0.05, 0.1) is 13.7 Å². The molecule has 0 saturated carbocycles. The Hall–Kier alpha value is -1.59. The molecule has 0 bridgehead atoms. The molecule has 1 aromatic rings. The summed E-state index contributed by atoms with van der Waals surface area (Å²) in [7, 11) is 1.63. The SMILES string of the molecule is CCCN(CC(=O)Nc1ccc(OC)cc1)C1CCNCC1. The van der Waals surface area contributed by atoms with Crippen LogP contribution in [0.25, 0.3) is 0 Å². The minimum atomic E-state index is 0.0529. The van der Waals surface area contributed by atoms with Crippen LogP contribution in [-0.2, 0) is 4.79 Å². The maximum Gasteiger partial charge on any atom is 0.238 e. The molecule has 22 heavy (non-hydrogen) atoms. The highest BCUT2D eigenvalue weighted by Gasteiger charge is 2.22. The number of nitrogens with one attached hydrogen (secondary N) is 2. The Morgan fingerprint density at radius 1 is 1.32 bits per heavy atom. The lowest BCUT2D eigenvalue weighted by atomic mass is 10.0. The molecule has 1 aromatic carbocycles. The summed E-state index contributed by atoms with van der Waals surface area (Å²) >= 11 is 0. The van der Waals surface area contributed by atoms with Crippen LogP contribution in [0.5, 0.6) is 5.75 Å². The molecule has 1 amide bonds. The Kier molecular flexibility index (Phi) is 6.68. The third-order valence-corrected chi connectivity index (χ3v) is 4.06. The van der Waals surface area contributed by atoms with E-state index in [0.717, 1.165) is 50.3 Å². The average molecular weight is 305 g/mol. The van der Waals surface area contributed by atoms with Crippen molar-refractivity contribution in [3.8, 4) is 5.75 Å². The van der Waals surface area contributed by atoms with Crippen LogP contribution < -0.4 is 15.4 Å². The van der Waals surface area contributed by atoms with E-state index < -0.39 is 0 Å². The standard InChI is InChI=1S/C17H27N3O2/c1-3-12-20(15-8-10-18-11-9-15)13-17(21)19-14-4-6-16(22-2)7-5-14/h4-7,15,18H,3,8-13H2,1-2H3,(H,19,21). The molecule has 0 atom stereocenters. The van der Waals surface area contributed by atoms with E-state index >= 15 is 0 Å². The van der Waals surface area contributed by atoms with Crippen LogP contribution in [0.4, 0.5) is 5.69 Å². The summed E-state index contributed by atoms with van der Waals surface area (Å²) in [6.45, 7) is 5.69. The van der Waals surface area contributed by atoms with E-state index in [0.29, 0.717) is 12.6 Å². The summed E-state index contributed by atoms with van der Waals surface area (Å²) in [6, 6.07) is 7.96. The first-order valence-electron chi connectivity index (χ1n) is 8.11. The third-order valence-electron chi connectivity index (χ3n) is 4.06. The van der Waals surface area contributed by atoms with Crippen molar-refractivity contribution in [1.29, 1.82) is 0 Å². The molecule has 0 radical (unpaired) electrons. The molecule has 5 heteroatoms. The number of ether oxygens (including phenoxy) is 1. The first-order chi connectivity index (χ1) is 10.7. The van der Waals surface area contributed by atoms with Gasteiger partial charge in [-0.2, -0.15) is 0 Å². The quantitative estimate of drug-likeness (QED) is 0.810. The largest absolute Gasteiger partial charge is 0.497 e. The third kappa shape index (κ3) is 5.00. The Balaban J connectivity index is 1.89. The Bertz CT molecular complexity index is 455. The number of benzene rings is 1. The lowest BCUT2D eigenvalue weighted by Gasteiger charge is -2.34. The van der Waals surface area contributed by atoms with Crippen molar-refractivity contribution in [2.75, 3.05) is 38.6 Å². The minimum Gasteiger partial charge on any atom is -0.497 e. The molecule has 5 nitrogen and oxygen atoms in total. The van der Waals surface area contributed by atoms with Gasteiger partial charge in [0.15, 0.2) is 0 Å². The molecule has 1 saturated heterocycles. The molecule has 1 aliphatic rings. The van der Waals surface area contributed by atoms with Gasteiger partial charge < -0.3 is 15.4 Å². The molecule has 2 N–H and O–H groups in total. The number of hydrogen-bond donors (Lipinski definition) is 2. The number of rotatable bonds is 7. The van der Waals surface area contributed by atoms with E-state index in [2.05, 4.69) is 22.5 Å². The van der Waals surface area contributed by atoms with Gasteiger partial charge in [0.25, 0.3) is 0 Å². The van der Waals surface area contributed by atoms with Gasteiger partial charge in [-0.25, -0.2) is 0 Å². The first kappa shape index (κ1) is 16.8. The highest BCUT2D eigenvalue weighted by Crippen LogP contribution is 2.16. The van der Waals surface area contributed by atoms with Gasteiger partial charge in [-0.15, -0.1) is 0 Å². The van der Waals surface area contributed by atoms with Gasteiger partial charge in [0.1, 0.15) is 5.75 Å². The zero-order chi connectivity index (χ0) is 15.8. The molecule has 1 heterocycles. The van der Waals surface area contributed by atoms with Crippen molar-refractivity contribution in [1.82, 2.24) is 10.2 Å². The molecule has 1 aliphatic heterocycles. The number of piperidine rings is 1. The second-order valence-corrected chi connectivity index (χ2v) is 5.73. The van der Waals surface area contributed by atoms with E-state index in [1.807, 2.05) is 24.3 Å². The molecule has 122 valence electrons. The zero-order valence-corrected chi connectivity index (χ0v) is 13.6. The Labute approximate surface area is 133 Å². The normalized spacial score (nSPS) is 15.8. The number of carbonyl (C=O) groups excluding carboxylic acids is 1. The summed E-state index contributed by atoms with van der Waals surface area (Å²) < 4.78 is 5.12. The van der Waals surface area contributed by atoms with Crippen molar-refractivity contribution >= 4 is 11.6 Å².